The van der Waals surface area contributed by atoms with Crippen LogP contribution in [0.2, 0.25) is 5.02 Å². The molecule has 2 unspecified atom stereocenters. The maximum absolute atomic E-state index is 6.14. The number of nitrogens with one attached hydrogen (secondary N) is 1. The van der Waals surface area contributed by atoms with Gasteiger partial charge in [0.25, 0.3) is 0 Å². The molecule has 86 valence electrons. The van der Waals surface area contributed by atoms with Gasteiger partial charge >= 0.3 is 0 Å². The van der Waals surface area contributed by atoms with E-state index in [2.05, 4.69) is 5.32 Å². The first-order chi connectivity index (χ1) is 7.73. The normalized spacial score (nSPS) is 32.0. The maximum Gasteiger partial charge on any atom is 0.137 e. The fourth-order valence-corrected chi connectivity index (χ4v) is 2.85. The Morgan fingerprint density at radius 2 is 2.44 bits per heavy atom. The van der Waals surface area contributed by atoms with Gasteiger partial charge in [0, 0.05) is 12.6 Å². The molecule has 1 aromatic carbocycles. The number of methoxy groups -OCH3 is 1. The molecule has 0 radical (unpaired) electrons. The molecule has 3 nitrogen and oxygen atoms in total. The van der Waals surface area contributed by atoms with Gasteiger partial charge in [0.2, 0.25) is 0 Å². The average Bonchev–Trinajstić information content (AvgIpc) is 2.90. The summed E-state index contributed by atoms with van der Waals surface area (Å²) in [5.74, 6) is 0.710. The van der Waals surface area contributed by atoms with E-state index in [0.29, 0.717) is 16.8 Å². The van der Waals surface area contributed by atoms with Crippen molar-refractivity contribution in [3.8, 4) is 5.75 Å². The smallest absolute Gasteiger partial charge is 0.137 e. The number of halogens is 1. The summed E-state index contributed by atoms with van der Waals surface area (Å²) in [4.78, 5) is 0. The molecule has 16 heavy (non-hydrogen) atoms. The summed E-state index contributed by atoms with van der Waals surface area (Å²) in [5.41, 5.74) is 0.978. The number of ether oxygens (including phenoxy) is 2. The first kappa shape index (κ1) is 10.4. The average molecular weight is 240 g/mol. The molecule has 2 fully saturated rings. The number of hydrogen-bond acceptors (Lipinski definition) is 3. The van der Waals surface area contributed by atoms with Crippen LogP contribution in [0.4, 0.5) is 0 Å². The molecular weight excluding hydrogens is 226 g/mol. The molecule has 0 aromatic heterocycles. The number of hydrogen-bond donors (Lipinski definition) is 1. The van der Waals surface area contributed by atoms with Crippen LogP contribution in [0.15, 0.2) is 18.2 Å². The summed E-state index contributed by atoms with van der Waals surface area (Å²) in [5, 5.41) is 4.09. The van der Waals surface area contributed by atoms with E-state index in [-0.39, 0.29) is 5.60 Å². The molecule has 2 aliphatic rings. The second-order valence-electron chi connectivity index (χ2n) is 4.44. The van der Waals surface area contributed by atoms with Crippen LogP contribution in [0.5, 0.6) is 5.75 Å². The lowest BCUT2D eigenvalue weighted by atomic mass is 9.93. The van der Waals surface area contributed by atoms with Gasteiger partial charge in [-0.3, -0.25) is 0 Å². The van der Waals surface area contributed by atoms with Crippen molar-refractivity contribution in [3.63, 3.8) is 0 Å². The van der Waals surface area contributed by atoms with Crippen LogP contribution in [0.1, 0.15) is 12.0 Å². The van der Waals surface area contributed by atoms with E-state index in [9.17, 15) is 0 Å². The Balaban J connectivity index is 1.98. The summed E-state index contributed by atoms with van der Waals surface area (Å²) in [7, 11) is 1.62. The molecule has 2 bridgehead atoms. The number of fused-ring (bicyclic) bond motifs is 2. The third kappa shape index (κ3) is 1.43. The minimum atomic E-state index is -0.166. The summed E-state index contributed by atoms with van der Waals surface area (Å²) in [6.45, 7) is 1.67. The zero-order chi connectivity index (χ0) is 11.2. The molecule has 2 aliphatic heterocycles. The van der Waals surface area contributed by atoms with E-state index in [1.807, 2.05) is 18.2 Å². The van der Waals surface area contributed by atoms with E-state index in [0.717, 1.165) is 25.1 Å². The summed E-state index contributed by atoms with van der Waals surface area (Å²) < 4.78 is 11.0. The van der Waals surface area contributed by atoms with Crippen molar-refractivity contribution in [1.29, 1.82) is 0 Å². The standard InChI is InChI=1S/C12H14ClNO2/c1-15-11-3-2-8(4-10(11)13)12-5-9(6-16-12)14-7-12/h2-4,9,14H,5-7H2,1H3. The Morgan fingerprint density at radius 3 is 2.94 bits per heavy atom. The van der Waals surface area contributed by atoms with Gasteiger partial charge in [0.05, 0.1) is 18.7 Å². The zero-order valence-electron chi connectivity index (χ0n) is 9.13. The molecule has 0 aliphatic carbocycles. The maximum atomic E-state index is 6.14. The highest BCUT2D eigenvalue weighted by atomic mass is 35.5. The van der Waals surface area contributed by atoms with E-state index in [4.69, 9.17) is 21.1 Å². The van der Waals surface area contributed by atoms with Gasteiger partial charge in [-0.2, -0.15) is 0 Å². The quantitative estimate of drug-likeness (QED) is 0.856. The Labute approximate surface area is 99.7 Å². The van der Waals surface area contributed by atoms with Crippen LogP contribution in [-0.2, 0) is 10.3 Å². The lowest BCUT2D eigenvalue weighted by Crippen LogP contribution is -2.37. The first-order valence-electron chi connectivity index (χ1n) is 5.45. The van der Waals surface area contributed by atoms with Crippen molar-refractivity contribution < 1.29 is 9.47 Å². The van der Waals surface area contributed by atoms with Gasteiger partial charge in [-0.25, -0.2) is 0 Å². The van der Waals surface area contributed by atoms with Gasteiger partial charge in [-0.05, 0) is 24.1 Å². The number of morpholine rings is 1. The topological polar surface area (TPSA) is 30.5 Å². The van der Waals surface area contributed by atoms with Gasteiger partial charge in [0.15, 0.2) is 0 Å². The molecule has 4 heteroatoms. The largest absolute Gasteiger partial charge is 0.495 e. The molecule has 2 saturated heterocycles. The minimum absolute atomic E-state index is 0.166. The highest BCUT2D eigenvalue weighted by molar-refractivity contribution is 6.32. The number of benzene rings is 1. The van der Waals surface area contributed by atoms with Crippen LogP contribution in [0.3, 0.4) is 0 Å². The molecule has 1 N–H and O–H groups in total. The van der Waals surface area contributed by atoms with E-state index in [1.165, 1.54) is 0 Å². The van der Waals surface area contributed by atoms with Crippen molar-refractivity contribution in [2.45, 2.75) is 18.1 Å². The summed E-state index contributed by atoms with van der Waals surface area (Å²) >= 11 is 6.14. The van der Waals surface area contributed by atoms with Crippen molar-refractivity contribution in [1.82, 2.24) is 5.32 Å². The van der Waals surface area contributed by atoms with Crippen LogP contribution in [-0.4, -0.2) is 26.3 Å². The predicted octanol–water partition coefficient (Wildman–Crippen LogP) is 1.94. The lowest BCUT2D eigenvalue weighted by molar-refractivity contribution is -0.00960. The second-order valence-corrected chi connectivity index (χ2v) is 4.84. The van der Waals surface area contributed by atoms with Crippen molar-refractivity contribution in [3.05, 3.63) is 28.8 Å². The van der Waals surface area contributed by atoms with Crippen molar-refractivity contribution in [2.24, 2.45) is 0 Å². The molecule has 2 atom stereocenters. The van der Waals surface area contributed by atoms with Crippen LogP contribution >= 0.6 is 11.6 Å². The number of rotatable bonds is 2. The summed E-state index contributed by atoms with van der Waals surface area (Å²) in [6, 6.07) is 6.40. The fraction of sp³-hybridized carbons (Fsp3) is 0.500. The van der Waals surface area contributed by atoms with Crippen molar-refractivity contribution in [2.75, 3.05) is 20.3 Å². The highest BCUT2D eigenvalue weighted by Gasteiger charge is 2.47. The molecule has 2 heterocycles. The molecular formula is C12H14ClNO2. The molecule has 3 rings (SSSR count). The van der Waals surface area contributed by atoms with E-state index >= 15 is 0 Å². The third-order valence-electron chi connectivity index (χ3n) is 3.49. The van der Waals surface area contributed by atoms with Gasteiger partial charge in [-0.1, -0.05) is 17.7 Å². The summed E-state index contributed by atoms with van der Waals surface area (Å²) in [6.07, 6.45) is 1.04. The minimum Gasteiger partial charge on any atom is -0.495 e. The first-order valence-corrected chi connectivity index (χ1v) is 5.83. The Kier molecular flexibility index (Phi) is 2.35. The Morgan fingerprint density at radius 1 is 1.56 bits per heavy atom. The fourth-order valence-electron chi connectivity index (χ4n) is 2.59. The van der Waals surface area contributed by atoms with Gasteiger partial charge in [0.1, 0.15) is 11.4 Å². The molecule has 0 spiro atoms. The predicted molar refractivity (Wildman–Crippen MR) is 62.0 cm³/mol. The van der Waals surface area contributed by atoms with E-state index in [1.54, 1.807) is 7.11 Å². The van der Waals surface area contributed by atoms with Gasteiger partial charge < -0.3 is 14.8 Å². The molecule has 0 amide bonds. The molecule has 0 saturated carbocycles. The lowest BCUT2D eigenvalue weighted by Gasteiger charge is -2.27. The van der Waals surface area contributed by atoms with Crippen molar-refractivity contribution >= 4 is 11.6 Å². The third-order valence-corrected chi connectivity index (χ3v) is 3.79. The SMILES string of the molecule is COc1ccc(C23CNC(CO2)C3)cc1Cl. The second kappa shape index (κ2) is 3.62. The van der Waals surface area contributed by atoms with Crippen LogP contribution < -0.4 is 10.1 Å². The van der Waals surface area contributed by atoms with Crippen LogP contribution in [0.25, 0.3) is 0 Å². The molecule has 1 aromatic rings. The van der Waals surface area contributed by atoms with E-state index < -0.39 is 0 Å². The van der Waals surface area contributed by atoms with Crippen LogP contribution in [0, 0.1) is 0 Å². The zero-order valence-corrected chi connectivity index (χ0v) is 9.88. The monoisotopic (exact) mass is 239 g/mol. The highest BCUT2D eigenvalue weighted by Crippen LogP contribution is 2.42. The van der Waals surface area contributed by atoms with Gasteiger partial charge in [-0.15, -0.1) is 0 Å². The Hall–Kier alpha value is -0.770. The Bertz CT molecular complexity index is 413.